The molecule has 1 N–H and O–H groups in total. The molecular formula is C11H16FNO. The first kappa shape index (κ1) is 11.0. The van der Waals surface area contributed by atoms with Crippen molar-refractivity contribution in [1.29, 1.82) is 0 Å². The van der Waals surface area contributed by atoms with Crippen molar-refractivity contribution in [2.45, 2.75) is 12.8 Å². The average molecular weight is 197 g/mol. The fourth-order valence-electron chi connectivity index (χ4n) is 1.31. The Hall–Kier alpha value is -1.09. The monoisotopic (exact) mass is 197 g/mol. The van der Waals surface area contributed by atoms with Crippen LogP contribution >= 0.6 is 0 Å². The molecule has 0 unspecified atom stereocenters. The van der Waals surface area contributed by atoms with E-state index in [-0.39, 0.29) is 5.75 Å². The van der Waals surface area contributed by atoms with Crippen LogP contribution in [-0.2, 0) is 6.42 Å². The zero-order valence-corrected chi connectivity index (χ0v) is 8.63. The molecule has 0 saturated heterocycles. The van der Waals surface area contributed by atoms with Crippen molar-refractivity contribution in [2.75, 3.05) is 20.6 Å². The standard InChI is InChI=1S/C11H16FNO/c1-13(2)7-3-4-9-5-6-11(14)10(12)8-9/h5-6,8,14H,3-4,7H2,1-2H3. The largest absolute Gasteiger partial charge is 0.505 e. The van der Waals surface area contributed by atoms with Crippen LogP contribution in [0.1, 0.15) is 12.0 Å². The van der Waals surface area contributed by atoms with Gasteiger partial charge in [0.1, 0.15) is 0 Å². The average Bonchev–Trinajstić information content (AvgIpc) is 2.10. The SMILES string of the molecule is CN(C)CCCc1ccc(O)c(F)c1. The predicted molar refractivity (Wildman–Crippen MR) is 54.9 cm³/mol. The number of hydrogen-bond acceptors (Lipinski definition) is 2. The molecule has 78 valence electrons. The lowest BCUT2D eigenvalue weighted by atomic mass is 10.1. The summed E-state index contributed by atoms with van der Waals surface area (Å²) < 4.78 is 12.9. The minimum atomic E-state index is -0.535. The molecule has 0 radical (unpaired) electrons. The van der Waals surface area contributed by atoms with Gasteiger partial charge in [-0.1, -0.05) is 6.07 Å². The Bertz CT molecular complexity index is 299. The van der Waals surface area contributed by atoms with E-state index in [0.29, 0.717) is 0 Å². The Morgan fingerprint density at radius 2 is 2.07 bits per heavy atom. The highest BCUT2D eigenvalue weighted by molar-refractivity contribution is 5.27. The van der Waals surface area contributed by atoms with Crippen molar-refractivity contribution >= 4 is 0 Å². The van der Waals surface area contributed by atoms with E-state index in [1.807, 2.05) is 14.1 Å². The van der Waals surface area contributed by atoms with Gasteiger partial charge < -0.3 is 10.0 Å². The van der Waals surface area contributed by atoms with E-state index in [0.717, 1.165) is 24.9 Å². The lowest BCUT2D eigenvalue weighted by molar-refractivity contribution is 0.399. The summed E-state index contributed by atoms with van der Waals surface area (Å²) in [5.41, 5.74) is 0.933. The van der Waals surface area contributed by atoms with E-state index in [9.17, 15) is 4.39 Å². The molecule has 1 rings (SSSR count). The predicted octanol–water partition coefficient (Wildman–Crippen LogP) is 2.03. The molecule has 0 aromatic heterocycles. The zero-order chi connectivity index (χ0) is 10.6. The van der Waals surface area contributed by atoms with Crippen LogP contribution in [0, 0.1) is 5.82 Å². The first-order valence-corrected chi connectivity index (χ1v) is 4.71. The van der Waals surface area contributed by atoms with Crippen LogP contribution < -0.4 is 0 Å². The molecule has 0 heterocycles. The summed E-state index contributed by atoms with van der Waals surface area (Å²) in [7, 11) is 4.02. The van der Waals surface area contributed by atoms with Crippen molar-refractivity contribution in [2.24, 2.45) is 0 Å². The van der Waals surface area contributed by atoms with Crippen molar-refractivity contribution in [3.05, 3.63) is 29.6 Å². The molecule has 0 fully saturated rings. The van der Waals surface area contributed by atoms with Gasteiger partial charge in [0.05, 0.1) is 0 Å². The molecule has 1 aromatic rings. The second-order valence-corrected chi connectivity index (χ2v) is 3.69. The summed E-state index contributed by atoms with van der Waals surface area (Å²) in [5, 5.41) is 8.97. The summed E-state index contributed by atoms with van der Waals surface area (Å²) in [4.78, 5) is 2.09. The Morgan fingerprint density at radius 1 is 1.36 bits per heavy atom. The van der Waals surface area contributed by atoms with Crippen LogP contribution in [0.25, 0.3) is 0 Å². The maximum absolute atomic E-state index is 12.9. The first-order valence-electron chi connectivity index (χ1n) is 4.71. The highest BCUT2D eigenvalue weighted by Crippen LogP contribution is 2.16. The van der Waals surface area contributed by atoms with E-state index in [1.165, 1.54) is 12.1 Å². The van der Waals surface area contributed by atoms with E-state index >= 15 is 0 Å². The highest BCUT2D eigenvalue weighted by atomic mass is 19.1. The number of rotatable bonds is 4. The number of benzene rings is 1. The Kier molecular flexibility index (Phi) is 3.89. The molecular weight excluding hydrogens is 181 g/mol. The molecule has 0 saturated carbocycles. The third kappa shape index (κ3) is 3.34. The molecule has 14 heavy (non-hydrogen) atoms. The third-order valence-electron chi connectivity index (χ3n) is 2.08. The van der Waals surface area contributed by atoms with Gasteiger partial charge in [-0.05, 0) is 51.2 Å². The maximum Gasteiger partial charge on any atom is 0.165 e. The van der Waals surface area contributed by atoms with E-state index in [4.69, 9.17) is 5.11 Å². The van der Waals surface area contributed by atoms with Gasteiger partial charge in [-0.3, -0.25) is 0 Å². The molecule has 0 aliphatic carbocycles. The molecule has 0 amide bonds. The Labute approximate surface area is 84.0 Å². The Morgan fingerprint density at radius 3 is 2.64 bits per heavy atom. The number of aryl methyl sites for hydroxylation is 1. The Balaban J connectivity index is 2.47. The van der Waals surface area contributed by atoms with Gasteiger partial charge in [-0.15, -0.1) is 0 Å². The second-order valence-electron chi connectivity index (χ2n) is 3.69. The maximum atomic E-state index is 12.9. The molecule has 2 nitrogen and oxygen atoms in total. The molecule has 0 spiro atoms. The molecule has 0 aliphatic heterocycles. The number of hydrogen-bond donors (Lipinski definition) is 1. The van der Waals surface area contributed by atoms with Gasteiger partial charge >= 0.3 is 0 Å². The third-order valence-corrected chi connectivity index (χ3v) is 2.08. The highest BCUT2D eigenvalue weighted by Gasteiger charge is 2.01. The summed E-state index contributed by atoms with van der Waals surface area (Å²) in [6.07, 6.45) is 1.84. The number of halogens is 1. The summed E-state index contributed by atoms with van der Waals surface area (Å²) >= 11 is 0. The summed E-state index contributed by atoms with van der Waals surface area (Å²) in [5.74, 6) is -0.811. The zero-order valence-electron chi connectivity index (χ0n) is 8.63. The minimum absolute atomic E-state index is 0.277. The van der Waals surface area contributed by atoms with Gasteiger partial charge in [0.15, 0.2) is 11.6 Å². The van der Waals surface area contributed by atoms with Crippen LogP contribution in [0.15, 0.2) is 18.2 Å². The van der Waals surface area contributed by atoms with Gasteiger partial charge in [-0.25, -0.2) is 4.39 Å². The van der Waals surface area contributed by atoms with Crippen LogP contribution in [-0.4, -0.2) is 30.6 Å². The van der Waals surface area contributed by atoms with Gasteiger partial charge in [0.25, 0.3) is 0 Å². The molecule has 1 aromatic carbocycles. The van der Waals surface area contributed by atoms with Crippen molar-refractivity contribution < 1.29 is 9.50 Å². The lowest BCUT2D eigenvalue weighted by Crippen LogP contribution is -2.13. The van der Waals surface area contributed by atoms with Crippen LogP contribution in [0.3, 0.4) is 0 Å². The quantitative estimate of drug-likeness (QED) is 0.798. The fraction of sp³-hybridized carbons (Fsp3) is 0.455. The number of phenolic OH excluding ortho intramolecular Hbond substituents is 1. The normalized spacial score (nSPS) is 10.9. The summed E-state index contributed by atoms with van der Waals surface area (Å²) in [6.45, 7) is 0.989. The van der Waals surface area contributed by atoms with E-state index in [2.05, 4.69) is 4.90 Å². The van der Waals surface area contributed by atoms with Gasteiger partial charge in [0, 0.05) is 0 Å². The lowest BCUT2D eigenvalue weighted by Gasteiger charge is -2.08. The number of phenols is 1. The smallest absolute Gasteiger partial charge is 0.165 e. The van der Waals surface area contributed by atoms with Crippen molar-refractivity contribution in [3.8, 4) is 5.75 Å². The topological polar surface area (TPSA) is 23.5 Å². The first-order chi connectivity index (χ1) is 6.59. The molecule has 0 bridgehead atoms. The van der Waals surface area contributed by atoms with Crippen LogP contribution in [0.2, 0.25) is 0 Å². The van der Waals surface area contributed by atoms with Gasteiger partial charge in [-0.2, -0.15) is 0 Å². The fourth-order valence-corrected chi connectivity index (χ4v) is 1.31. The minimum Gasteiger partial charge on any atom is -0.505 e. The summed E-state index contributed by atoms with van der Waals surface area (Å²) in [6, 6.07) is 4.55. The van der Waals surface area contributed by atoms with Crippen LogP contribution in [0.4, 0.5) is 4.39 Å². The second kappa shape index (κ2) is 4.96. The van der Waals surface area contributed by atoms with E-state index in [1.54, 1.807) is 6.07 Å². The van der Waals surface area contributed by atoms with E-state index < -0.39 is 5.82 Å². The molecule has 3 heteroatoms. The molecule has 0 atom stereocenters. The molecule has 0 aliphatic rings. The van der Waals surface area contributed by atoms with Crippen molar-refractivity contribution in [3.63, 3.8) is 0 Å². The van der Waals surface area contributed by atoms with Gasteiger partial charge in [0.2, 0.25) is 0 Å². The number of nitrogens with zero attached hydrogens (tertiary/aromatic N) is 1. The van der Waals surface area contributed by atoms with Crippen molar-refractivity contribution in [1.82, 2.24) is 4.90 Å². The van der Waals surface area contributed by atoms with Crippen LogP contribution in [0.5, 0.6) is 5.75 Å². The number of aromatic hydroxyl groups is 1.